The smallest absolute Gasteiger partial charge is 0.309 e. The highest BCUT2D eigenvalue weighted by molar-refractivity contribution is 5.69. The average Bonchev–Trinajstić information content (AvgIpc) is 2.75. The third kappa shape index (κ3) is 3.67. The molecule has 0 unspecified atom stereocenters. The van der Waals surface area contributed by atoms with Crippen molar-refractivity contribution in [1.82, 2.24) is 14.6 Å². The first-order valence-corrected chi connectivity index (χ1v) is 6.50. The Labute approximate surface area is 111 Å². The molecule has 6 nitrogen and oxygen atoms in total. The van der Waals surface area contributed by atoms with E-state index in [2.05, 4.69) is 22.3 Å². The van der Waals surface area contributed by atoms with Gasteiger partial charge in [-0.2, -0.15) is 0 Å². The Hall–Kier alpha value is -2.11. The first-order valence-electron chi connectivity index (χ1n) is 6.50. The van der Waals surface area contributed by atoms with Crippen LogP contribution in [0.5, 0.6) is 0 Å². The van der Waals surface area contributed by atoms with Gasteiger partial charge in [-0.1, -0.05) is 19.8 Å². The van der Waals surface area contributed by atoms with Crippen molar-refractivity contribution in [2.24, 2.45) is 0 Å². The maximum atomic E-state index is 10.6. The molecule has 6 heteroatoms. The van der Waals surface area contributed by atoms with Crippen molar-refractivity contribution < 1.29 is 9.90 Å². The normalized spacial score (nSPS) is 10.8. The second kappa shape index (κ2) is 6.17. The van der Waals surface area contributed by atoms with Crippen molar-refractivity contribution in [2.45, 2.75) is 32.6 Å². The number of nitrogens with zero attached hydrogens (tertiary/aromatic N) is 3. The fourth-order valence-electron chi connectivity index (χ4n) is 1.86. The van der Waals surface area contributed by atoms with Crippen molar-refractivity contribution in [2.75, 3.05) is 11.9 Å². The van der Waals surface area contributed by atoms with Crippen molar-refractivity contribution >= 4 is 17.4 Å². The number of imidazole rings is 1. The van der Waals surface area contributed by atoms with Crippen LogP contribution in [0.4, 0.5) is 5.82 Å². The Balaban J connectivity index is 2.05. The second-order valence-electron chi connectivity index (χ2n) is 4.46. The number of rotatable bonds is 7. The molecule has 2 aromatic rings. The summed E-state index contributed by atoms with van der Waals surface area (Å²) in [6.45, 7) is 3.06. The number of unbranched alkanes of at least 4 members (excludes halogenated alkanes) is 2. The van der Waals surface area contributed by atoms with E-state index in [4.69, 9.17) is 5.11 Å². The predicted molar refractivity (Wildman–Crippen MR) is 72.3 cm³/mol. The van der Waals surface area contributed by atoms with E-state index in [0.717, 1.165) is 18.8 Å². The van der Waals surface area contributed by atoms with Gasteiger partial charge in [0.2, 0.25) is 0 Å². The van der Waals surface area contributed by atoms with E-state index in [1.54, 1.807) is 10.7 Å². The number of hydrogen-bond donors (Lipinski definition) is 2. The Kier molecular flexibility index (Phi) is 4.33. The Morgan fingerprint density at radius 2 is 2.26 bits per heavy atom. The zero-order chi connectivity index (χ0) is 13.7. The number of hydrogen-bond acceptors (Lipinski definition) is 4. The topological polar surface area (TPSA) is 79.5 Å². The summed E-state index contributed by atoms with van der Waals surface area (Å²) in [5.74, 6) is -0.107. The molecular formula is C13H18N4O2. The van der Waals surface area contributed by atoms with E-state index in [9.17, 15) is 4.79 Å². The van der Waals surface area contributed by atoms with E-state index in [1.807, 2.05) is 12.1 Å². The zero-order valence-electron chi connectivity index (χ0n) is 11.0. The molecule has 2 aromatic heterocycles. The average molecular weight is 262 g/mol. The van der Waals surface area contributed by atoms with E-state index in [-0.39, 0.29) is 6.42 Å². The minimum atomic E-state index is -0.888. The molecular weight excluding hydrogens is 244 g/mol. The largest absolute Gasteiger partial charge is 0.481 e. The number of carboxylic acid groups (broad SMARTS) is 1. The van der Waals surface area contributed by atoms with Gasteiger partial charge in [0.25, 0.3) is 0 Å². The molecule has 0 radical (unpaired) electrons. The van der Waals surface area contributed by atoms with Crippen molar-refractivity contribution in [3.63, 3.8) is 0 Å². The lowest BCUT2D eigenvalue weighted by Gasteiger charge is -2.04. The number of aromatic nitrogens is 3. The minimum absolute atomic E-state index is 0.0807. The first-order chi connectivity index (χ1) is 9.19. The van der Waals surface area contributed by atoms with Crippen molar-refractivity contribution in [3.8, 4) is 0 Å². The van der Waals surface area contributed by atoms with Crippen LogP contribution in [0, 0.1) is 0 Å². The van der Waals surface area contributed by atoms with Crippen LogP contribution in [0.25, 0.3) is 5.65 Å². The number of nitrogens with one attached hydrogen (secondary N) is 1. The Morgan fingerprint density at radius 1 is 1.42 bits per heavy atom. The molecule has 0 amide bonds. The van der Waals surface area contributed by atoms with Crippen LogP contribution in [0.2, 0.25) is 0 Å². The number of fused-ring (bicyclic) bond motifs is 1. The van der Waals surface area contributed by atoms with Crippen LogP contribution in [0.3, 0.4) is 0 Å². The summed E-state index contributed by atoms with van der Waals surface area (Å²) in [5.41, 5.74) is 1.18. The number of carbonyl (C=O) groups is 1. The molecule has 19 heavy (non-hydrogen) atoms. The fraction of sp³-hybridized carbons (Fsp3) is 0.462. The summed E-state index contributed by atoms with van der Waals surface area (Å²) >= 11 is 0. The Bertz CT molecular complexity index is 565. The van der Waals surface area contributed by atoms with Gasteiger partial charge < -0.3 is 10.4 Å². The highest BCUT2D eigenvalue weighted by Gasteiger charge is 2.07. The maximum absolute atomic E-state index is 10.6. The molecule has 0 aliphatic heterocycles. The molecule has 102 valence electrons. The van der Waals surface area contributed by atoms with Gasteiger partial charge in [-0.25, -0.2) is 9.50 Å². The SMILES string of the molecule is CCCCCNc1ccc2nc(CC(=O)O)cn2n1. The molecule has 0 bridgehead atoms. The van der Waals surface area contributed by atoms with Crippen LogP contribution >= 0.6 is 0 Å². The molecule has 0 aliphatic rings. The van der Waals surface area contributed by atoms with E-state index < -0.39 is 5.97 Å². The second-order valence-corrected chi connectivity index (χ2v) is 4.46. The summed E-state index contributed by atoms with van der Waals surface area (Å²) in [7, 11) is 0. The number of carboxylic acids is 1. The summed E-state index contributed by atoms with van der Waals surface area (Å²) < 4.78 is 1.61. The van der Waals surface area contributed by atoms with Crippen molar-refractivity contribution in [1.29, 1.82) is 0 Å². The maximum Gasteiger partial charge on any atom is 0.309 e. The lowest BCUT2D eigenvalue weighted by atomic mass is 10.2. The van der Waals surface area contributed by atoms with Crippen molar-refractivity contribution in [3.05, 3.63) is 24.0 Å². The number of anilines is 1. The van der Waals surface area contributed by atoms with Gasteiger partial charge in [-0.15, -0.1) is 5.10 Å². The van der Waals surface area contributed by atoms with E-state index >= 15 is 0 Å². The standard InChI is InChI=1S/C13H18N4O2/c1-2-3-4-7-14-11-5-6-12-15-10(8-13(18)19)9-17(12)16-11/h5-6,9H,2-4,7-8H2,1H3,(H,14,16)(H,18,19). The van der Waals surface area contributed by atoms with Gasteiger partial charge >= 0.3 is 5.97 Å². The zero-order valence-corrected chi connectivity index (χ0v) is 11.0. The van der Waals surface area contributed by atoms with E-state index in [0.29, 0.717) is 11.3 Å². The molecule has 0 atom stereocenters. The first kappa shape index (κ1) is 13.3. The molecule has 0 spiro atoms. The summed E-state index contributed by atoms with van der Waals surface area (Å²) in [6, 6.07) is 3.69. The van der Waals surface area contributed by atoms with Crippen LogP contribution < -0.4 is 5.32 Å². The van der Waals surface area contributed by atoms with Gasteiger partial charge in [0.05, 0.1) is 18.3 Å². The molecule has 0 fully saturated rings. The quantitative estimate of drug-likeness (QED) is 0.746. The van der Waals surface area contributed by atoms with Gasteiger partial charge in [0, 0.05) is 6.54 Å². The Morgan fingerprint density at radius 3 is 3.00 bits per heavy atom. The molecule has 0 saturated heterocycles. The molecule has 0 saturated carbocycles. The van der Waals surface area contributed by atoms with Gasteiger partial charge in [-0.3, -0.25) is 4.79 Å². The summed E-state index contributed by atoms with van der Waals surface area (Å²) in [4.78, 5) is 14.8. The molecule has 2 N–H and O–H groups in total. The van der Waals surface area contributed by atoms with Gasteiger partial charge in [0.1, 0.15) is 5.82 Å². The lowest BCUT2D eigenvalue weighted by molar-refractivity contribution is -0.136. The molecule has 2 rings (SSSR count). The fourth-order valence-corrected chi connectivity index (χ4v) is 1.86. The summed E-state index contributed by atoms with van der Waals surface area (Å²) in [6.07, 6.45) is 5.07. The van der Waals surface area contributed by atoms with Gasteiger partial charge in [-0.05, 0) is 18.6 Å². The highest BCUT2D eigenvalue weighted by Crippen LogP contribution is 2.09. The summed E-state index contributed by atoms with van der Waals surface area (Å²) in [5, 5.41) is 16.3. The predicted octanol–water partition coefficient (Wildman–Crippen LogP) is 1.96. The van der Waals surface area contributed by atoms with E-state index in [1.165, 1.54) is 12.8 Å². The molecule has 2 heterocycles. The van der Waals surface area contributed by atoms with Crippen LogP contribution in [-0.4, -0.2) is 32.2 Å². The van der Waals surface area contributed by atoms with Crippen LogP contribution in [-0.2, 0) is 11.2 Å². The lowest BCUT2D eigenvalue weighted by Crippen LogP contribution is -2.05. The molecule has 0 aliphatic carbocycles. The highest BCUT2D eigenvalue weighted by atomic mass is 16.4. The third-order valence-corrected chi connectivity index (χ3v) is 2.79. The monoisotopic (exact) mass is 262 g/mol. The van der Waals surface area contributed by atoms with Crippen LogP contribution in [0.1, 0.15) is 31.9 Å². The van der Waals surface area contributed by atoms with Crippen LogP contribution in [0.15, 0.2) is 18.3 Å². The van der Waals surface area contributed by atoms with Gasteiger partial charge in [0.15, 0.2) is 5.65 Å². The number of aliphatic carboxylic acids is 1. The minimum Gasteiger partial charge on any atom is -0.481 e. The third-order valence-electron chi connectivity index (χ3n) is 2.79. The molecule has 0 aromatic carbocycles.